The first-order valence-electron chi connectivity index (χ1n) is 7.49. The molecule has 0 bridgehead atoms. The van der Waals surface area contributed by atoms with Crippen molar-refractivity contribution in [1.82, 2.24) is 10.0 Å². The number of hydrogen-bond donors (Lipinski definition) is 1. The minimum atomic E-state index is -1.01. The van der Waals surface area contributed by atoms with Gasteiger partial charge in [0.05, 0.1) is 23.8 Å². The Morgan fingerprint density at radius 3 is 2.00 bits per heavy atom. The maximum Gasteiger partial charge on any atom is 0.280 e. The van der Waals surface area contributed by atoms with Crippen LogP contribution in [0, 0.1) is 0 Å². The number of imide groups is 1. The third kappa shape index (κ3) is 2.68. The SMILES string of the molecule is CC(=O)N(CC(O)c1ccccc1)N1C(=O)c2ccccc2C1=O. The summed E-state index contributed by atoms with van der Waals surface area (Å²) in [5.41, 5.74) is 1.10. The third-order valence-electron chi connectivity index (χ3n) is 3.91. The maximum absolute atomic E-state index is 12.5. The summed E-state index contributed by atoms with van der Waals surface area (Å²) in [6, 6.07) is 15.2. The molecule has 0 aliphatic carbocycles. The summed E-state index contributed by atoms with van der Waals surface area (Å²) < 4.78 is 0. The van der Waals surface area contributed by atoms with Gasteiger partial charge in [0.1, 0.15) is 0 Å². The summed E-state index contributed by atoms with van der Waals surface area (Å²) in [4.78, 5) is 37.0. The van der Waals surface area contributed by atoms with Crippen LogP contribution in [0.1, 0.15) is 39.3 Å². The molecule has 0 aromatic heterocycles. The molecule has 0 fully saturated rings. The van der Waals surface area contributed by atoms with E-state index in [1.807, 2.05) is 6.07 Å². The molecule has 24 heavy (non-hydrogen) atoms. The van der Waals surface area contributed by atoms with E-state index in [2.05, 4.69) is 0 Å². The zero-order valence-corrected chi connectivity index (χ0v) is 13.0. The molecular formula is C18H16N2O4. The van der Waals surface area contributed by atoms with Gasteiger partial charge in [-0.05, 0) is 17.7 Å². The average Bonchev–Trinajstić information content (AvgIpc) is 2.85. The Morgan fingerprint density at radius 1 is 1.00 bits per heavy atom. The number of aliphatic hydroxyl groups excluding tert-OH is 1. The molecule has 0 radical (unpaired) electrons. The molecule has 0 saturated carbocycles. The van der Waals surface area contributed by atoms with Crippen molar-refractivity contribution in [3.63, 3.8) is 0 Å². The maximum atomic E-state index is 12.5. The second-order valence-corrected chi connectivity index (χ2v) is 5.50. The van der Waals surface area contributed by atoms with Gasteiger partial charge in [0.15, 0.2) is 0 Å². The van der Waals surface area contributed by atoms with Gasteiger partial charge in [0, 0.05) is 6.92 Å². The molecule has 2 aromatic carbocycles. The highest BCUT2D eigenvalue weighted by molar-refractivity contribution is 6.21. The van der Waals surface area contributed by atoms with Crippen LogP contribution in [0.4, 0.5) is 0 Å². The molecule has 3 rings (SSSR count). The van der Waals surface area contributed by atoms with Crippen LogP contribution in [-0.2, 0) is 4.79 Å². The molecule has 6 heteroatoms. The number of hydrogen-bond acceptors (Lipinski definition) is 4. The smallest absolute Gasteiger partial charge is 0.280 e. The highest BCUT2D eigenvalue weighted by atomic mass is 16.3. The lowest BCUT2D eigenvalue weighted by molar-refractivity contribution is -0.141. The highest BCUT2D eigenvalue weighted by Gasteiger charge is 2.40. The molecule has 1 aliphatic heterocycles. The van der Waals surface area contributed by atoms with E-state index in [1.54, 1.807) is 48.5 Å². The predicted molar refractivity (Wildman–Crippen MR) is 85.7 cm³/mol. The van der Waals surface area contributed by atoms with Crippen LogP contribution < -0.4 is 0 Å². The number of fused-ring (bicyclic) bond motifs is 1. The van der Waals surface area contributed by atoms with Crippen LogP contribution in [0.5, 0.6) is 0 Å². The van der Waals surface area contributed by atoms with Gasteiger partial charge in [-0.1, -0.05) is 42.5 Å². The van der Waals surface area contributed by atoms with E-state index in [0.717, 1.165) is 10.0 Å². The first-order valence-corrected chi connectivity index (χ1v) is 7.49. The number of nitrogens with zero attached hydrogens (tertiary/aromatic N) is 2. The van der Waals surface area contributed by atoms with E-state index in [9.17, 15) is 19.5 Å². The predicted octanol–water partition coefficient (Wildman–Crippen LogP) is 1.78. The van der Waals surface area contributed by atoms with E-state index < -0.39 is 23.8 Å². The second kappa shape index (κ2) is 6.25. The van der Waals surface area contributed by atoms with E-state index in [1.165, 1.54) is 6.92 Å². The fourth-order valence-electron chi connectivity index (χ4n) is 2.69. The quantitative estimate of drug-likeness (QED) is 0.870. The number of benzene rings is 2. The Hall–Kier alpha value is -2.99. The number of carbonyl (C=O) groups is 3. The van der Waals surface area contributed by atoms with Crippen molar-refractivity contribution >= 4 is 17.7 Å². The van der Waals surface area contributed by atoms with Crippen molar-refractivity contribution in [3.05, 3.63) is 71.3 Å². The monoisotopic (exact) mass is 324 g/mol. The molecule has 3 amide bonds. The van der Waals surface area contributed by atoms with E-state index in [4.69, 9.17) is 0 Å². The first-order chi connectivity index (χ1) is 11.5. The Kier molecular flexibility index (Phi) is 4.14. The van der Waals surface area contributed by atoms with Crippen molar-refractivity contribution in [3.8, 4) is 0 Å². The summed E-state index contributed by atoms with van der Waals surface area (Å²) in [6.07, 6.45) is -1.01. The molecular weight excluding hydrogens is 308 g/mol. The van der Waals surface area contributed by atoms with E-state index >= 15 is 0 Å². The second-order valence-electron chi connectivity index (χ2n) is 5.50. The summed E-state index contributed by atoms with van der Waals surface area (Å²) >= 11 is 0. The Balaban J connectivity index is 1.89. The average molecular weight is 324 g/mol. The lowest BCUT2D eigenvalue weighted by atomic mass is 10.1. The zero-order chi connectivity index (χ0) is 17.3. The topological polar surface area (TPSA) is 77.9 Å². The molecule has 1 unspecified atom stereocenters. The summed E-state index contributed by atoms with van der Waals surface area (Å²) in [6.45, 7) is 1.06. The number of hydrazine groups is 1. The van der Waals surface area contributed by atoms with Crippen LogP contribution in [0.15, 0.2) is 54.6 Å². The minimum absolute atomic E-state index is 0.190. The molecule has 1 N–H and O–H groups in total. The molecule has 0 spiro atoms. The molecule has 0 saturated heterocycles. The van der Waals surface area contributed by atoms with Gasteiger partial charge in [0.25, 0.3) is 11.8 Å². The lowest BCUT2D eigenvalue weighted by Gasteiger charge is -2.30. The Bertz CT molecular complexity index is 769. The molecule has 122 valence electrons. The van der Waals surface area contributed by atoms with Crippen LogP contribution in [0.25, 0.3) is 0 Å². The van der Waals surface area contributed by atoms with E-state index in [0.29, 0.717) is 5.56 Å². The van der Waals surface area contributed by atoms with Crippen molar-refractivity contribution in [1.29, 1.82) is 0 Å². The highest BCUT2D eigenvalue weighted by Crippen LogP contribution is 2.25. The largest absolute Gasteiger partial charge is 0.386 e. The fourth-order valence-corrected chi connectivity index (χ4v) is 2.69. The number of amides is 3. The van der Waals surface area contributed by atoms with Crippen LogP contribution in [-0.4, -0.2) is 39.4 Å². The number of rotatable bonds is 4. The van der Waals surface area contributed by atoms with Crippen molar-refractivity contribution < 1.29 is 19.5 Å². The van der Waals surface area contributed by atoms with Crippen LogP contribution >= 0.6 is 0 Å². The summed E-state index contributed by atoms with van der Waals surface area (Å²) in [5.74, 6) is -1.63. The van der Waals surface area contributed by atoms with Crippen molar-refractivity contribution in [2.24, 2.45) is 0 Å². The van der Waals surface area contributed by atoms with Gasteiger partial charge >= 0.3 is 0 Å². The molecule has 2 aromatic rings. The normalized spacial score (nSPS) is 14.5. The van der Waals surface area contributed by atoms with Crippen molar-refractivity contribution in [2.45, 2.75) is 13.0 Å². The number of aliphatic hydroxyl groups is 1. The molecule has 1 aliphatic rings. The van der Waals surface area contributed by atoms with Gasteiger partial charge in [-0.15, -0.1) is 0 Å². The minimum Gasteiger partial charge on any atom is -0.386 e. The molecule has 1 heterocycles. The van der Waals surface area contributed by atoms with Crippen LogP contribution in [0.2, 0.25) is 0 Å². The van der Waals surface area contributed by atoms with Crippen LogP contribution in [0.3, 0.4) is 0 Å². The first kappa shape index (κ1) is 15.9. The van der Waals surface area contributed by atoms with Gasteiger partial charge in [-0.25, -0.2) is 5.01 Å². The lowest BCUT2D eigenvalue weighted by Crippen LogP contribution is -2.50. The molecule has 6 nitrogen and oxygen atoms in total. The number of carbonyl (C=O) groups excluding carboxylic acids is 3. The summed E-state index contributed by atoms with van der Waals surface area (Å²) in [5, 5.41) is 12.1. The van der Waals surface area contributed by atoms with E-state index in [-0.39, 0.29) is 17.7 Å². The molecule has 1 atom stereocenters. The van der Waals surface area contributed by atoms with Gasteiger partial charge in [-0.2, -0.15) is 5.01 Å². The Labute approximate surface area is 138 Å². The van der Waals surface area contributed by atoms with Gasteiger partial charge in [-0.3, -0.25) is 14.4 Å². The zero-order valence-electron chi connectivity index (χ0n) is 13.0. The van der Waals surface area contributed by atoms with Crippen molar-refractivity contribution in [2.75, 3.05) is 6.54 Å². The van der Waals surface area contributed by atoms with Gasteiger partial charge < -0.3 is 5.11 Å². The summed E-state index contributed by atoms with van der Waals surface area (Å²) in [7, 11) is 0. The van der Waals surface area contributed by atoms with Gasteiger partial charge in [0.2, 0.25) is 5.91 Å². The Morgan fingerprint density at radius 2 is 1.50 bits per heavy atom. The standard InChI is InChI=1S/C18H16N2O4/c1-12(21)19(11-16(22)13-7-3-2-4-8-13)20-17(23)14-9-5-6-10-15(14)18(20)24/h2-10,16,22H,11H2,1H3. The fraction of sp³-hybridized carbons (Fsp3) is 0.167. The third-order valence-corrected chi connectivity index (χ3v) is 3.91.